The first-order valence-electron chi connectivity index (χ1n) is 13.3. The number of carbonyl (C=O) groups is 3. The lowest BCUT2D eigenvalue weighted by Crippen LogP contribution is -2.46. The van der Waals surface area contributed by atoms with Crippen molar-refractivity contribution in [2.24, 2.45) is 11.8 Å². The van der Waals surface area contributed by atoms with Crippen LogP contribution in [0.25, 0.3) is 0 Å². The van der Waals surface area contributed by atoms with Crippen molar-refractivity contribution in [3.8, 4) is 0 Å². The number of anilines is 2. The van der Waals surface area contributed by atoms with Gasteiger partial charge in [0.15, 0.2) is 0 Å². The number of rotatable bonds is 5. The lowest BCUT2D eigenvalue weighted by Gasteiger charge is -2.35. The Bertz CT molecular complexity index is 1370. The molecule has 0 aliphatic carbocycles. The van der Waals surface area contributed by atoms with Gasteiger partial charge in [0.25, 0.3) is 5.91 Å². The van der Waals surface area contributed by atoms with Crippen LogP contribution in [0, 0.1) is 11.8 Å². The highest BCUT2D eigenvalue weighted by Crippen LogP contribution is 2.34. The van der Waals surface area contributed by atoms with Crippen LogP contribution in [0.4, 0.5) is 16.2 Å². The molecule has 3 atom stereocenters. The molecule has 0 saturated carbocycles. The zero-order valence-electron chi connectivity index (χ0n) is 22.1. The van der Waals surface area contributed by atoms with Crippen LogP contribution in [0.3, 0.4) is 0 Å². The number of likely N-dealkylation sites (tertiary alicyclic amines) is 1. The van der Waals surface area contributed by atoms with E-state index < -0.39 is 12.1 Å². The average molecular weight is 591 g/mol. The molecule has 1 saturated heterocycles. The van der Waals surface area contributed by atoms with Gasteiger partial charge >= 0.3 is 6.09 Å². The van der Waals surface area contributed by atoms with E-state index in [1.807, 2.05) is 59.5 Å². The van der Waals surface area contributed by atoms with Crippen LogP contribution in [0.2, 0.25) is 0 Å². The van der Waals surface area contributed by atoms with Gasteiger partial charge in [-0.25, -0.2) is 4.79 Å². The first-order chi connectivity index (χ1) is 18.8. The molecule has 0 bridgehead atoms. The van der Waals surface area contributed by atoms with Gasteiger partial charge in [0.1, 0.15) is 12.6 Å². The number of amides is 3. The highest BCUT2D eigenvalue weighted by molar-refractivity contribution is 9.10. The SMILES string of the molecule is C[C@@H]1C[C@H](C)CN(C(=O)c2cc(Br)ccc2NC(=O)C2Cc3ccccc3N2C(=O)OCc2ccccc2)C1. The van der Waals surface area contributed by atoms with Gasteiger partial charge in [0.2, 0.25) is 5.91 Å². The summed E-state index contributed by atoms with van der Waals surface area (Å²) in [5.74, 6) is 0.337. The van der Waals surface area contributed by atoms with Crippen LogP contribution in [0.15, 0.2) is 77.3 Å². The molecule has 2 aliphatic heterocycles. The second kappa shape index (κ2) is 11.6. The topological polar surface area (TPSA) is 79.0 Å². The number of ether oxygens (including phenoxy) is 1. The Morgan fingerprint density at radius 1 is 0.949 bits per heavy atom. The van der Waals surface area contributed by atoms with Gasteiger partial charge in [0.05, 0.1) is 16.9 Å². The Hall–Kier alpha value is -3.65. The number of nitrogens with zero attached hydrogens (tertiary/aromatic N) is 2. The van der Waals surface area contributed by atoms with E-state index >= 15 is 0 Å². The van der Waals surface area contributed by atoms with Crippen molar-refractivity contribution in [3.05, 3.63) is 94.0 Å². The maximum atomic E-state index is 13.7. The molecule has 0 radical (unpaired) electrons. The summed E-state index contributed by atoms with van der Waals surface area (Å²) in [6, 6.07) is 21.3. The summed E-state index contributed by atoms with van der Waals surface area (Å²) in [7, 11) is 0. The Morgan fingerprint density at radius 2 is 1.64 bits per heavy atom. The molecule has 3 amide bonds. The number of piperidine rings is 1. The van der Waals surface area contributed by atoms with Gasteiger partial charge in [-0.2, -0.15) is 0 Å². The predicted octanol–water partition coefficient (Wildman–Crippen LogP) is 6.27. The second-order valence-electron chi connectivity index (χ2n) is 10.6. The molecule has 0 spiro atoms. The monoisotopic (exact) mass is 589 g/mol. The smallest absolute Gasteiger partial charge is 0.415 e. The summed E-state index contributed by atoms with van der Waals surface area (Å²) in [6.45, 7) is 5.78. The van der Waals surface area contributed by atoms with E-state index in [2.05, 4.69) is 35.1 Å². The third-order valence-electron chi connectivity index (χ3n) is 7.31. The van der Waals surface area contributed by atoms with Crippen molar-refractivity contribution in [2.75, 3.05) is 23.3 Å². The third-order valence-corrected chi connectivity index (χ3v) is 7.80. The summed E-state index contributed by atoms with van der Waals surface area (Å²) >= 11 is 3.48. The Labute approximate surface area is 237 Å². The van der Waals surface area contributed by atoms with Crippen LogP contribution in [0.5, 0.6) is 0 Å². The van der Waals surface area contributed by atoms with E-state index in [1.54, 1.807) is 18.2 Å². The minimum absolute atomic E-state index is 0.102. The number of hydrogen-bond acceptors (Lipinski definition) is 4. The van der Waals surface area contributed by atoms with Crippen LogP contribution in [-0.4, -0.2) is 41.9 Å². The van der Waals surface area contributed by atoms with E-state index in [9.17, 15) is 14.4 Å². The summed E-state index contributed by atoms with van der Waals surface area (Å²) in [5.41, 5.74) is 3.25. The minimum Gasteiger partial charge on any atom is -0.444 e. The molecule has 3 aromatic rings. The van der Waals surface area contributed by atoms with E-state index in [0.29, 0.717) is 48.3 Å². The Morgan fingerprint density at radius 3 is 2.38 bits per heavy atom. The molecule has 1 fully saturated rings. The van der Waals surface area contributed by atoms with Crippen molar-refractivity contribution in [1.82, 2.24) is 4.90 Å². The molecular formula is C31H32BrN3O4. The van der Waals surface area contributed by atoms with Crippen molar-refractivity contribution >= 4 is 45.2 Å². The number of para-hydroxylation sites is 1. The minimum atomic E-state index is -0.813. The van der Waals surface area contributed by atoms with Crippen LogP contribution >= 0.6 is 15.9 Å². The van der Waals surface area contributed by atoms with Crippen molar-refractivity contribution in [3.63, 3.8) is 0 Å². The third kappa shape index (κ3) is 6.01. The molecule has 39 heavy (non-hydrogen) atoms. The van der Waals surface area contributed by atoms with Crippen LogP contribution < -0.4 is 10.2 Å². The zero-order chi connectivity index (χ0) is 27.5. The summed E-state index contributed by atoms with van der Waals surface area (Å²) in [5, 5.41) is 2.96. The number of benzene rings is 3. The average Bonchev–Trinajstić information content (AvgIpc) is 3.32. The number of carbonyl (C=O) groups excluding carboxylic acids is 3. The number of halogens is 1. The number of fused-ring (bicyclic) bond motifs is 1. The molecule has 2 aliphatic rings. The highest BCUT2D eigenvalue weighted by Gasteiger charge is 2.40. The fourth-order valence-electron chi connectivity index (χ4n) is 5.63. The van der Waals surface area contributed by atoms with Crippen LogP contribution in [0.1, 0.15) is 41.8 Å². The maximum Gasteiger partial charge on any atom is 0.415 e. The molecule has 202 valence electrons. The largest absolute Gasteiger partial charge is 0.444 e. The van der Waals surface area contributed by atoms with E-state index in [1.165, 1.54) is 4.90 Å². The van der Waals surface area contributed by atoms with E-state index in [0.717, 1.165) is 22.0 Å². The molecule has 5 rings (SSSR count). The first-order valence-corrected chi connectivity index (χ1v) is 14.1. The van der Waals surface area contributed by atoms with E-state index in [-0.39, 0.29) is 18.4 Å². The van der Waals surface area contributed by atoms with E-state index in [4.69, 9.17) is 4.74 Å². The van der Waals surface area contributed by atoms with Crippen molar-refractivity contribution in [1.29, 1.82) is 0 Å². The molecule has 8 heteroatoms. The van der Waals surface area contributed by atoms with Gasteiger partial charge in [-0.1, -0.05) is 78.3 Å². The van der Waals surface area contributed by atoms with Gasteiger partial charge in [0, 0.05) is 24.0 Å². The number of hydrogen-bond donors (Lipinski definition) is 1. The first kappa shape index (κ1) is 26.9. The predicted molar refractivity (Wildman–Crippen MR) is 155 cm³/mol. The molecule has 7 nitrogen and oxygen atoms in total. The van der Waals surface area contributed by atoms with Crippen LogP contribution in [-0.2, 0) is 22.6 Å². The fourth-order valence-corrected chi connectivity index (χ4v) is 5.99. The fraction of sp³-hybridized carbons (Fsp3) is 0.323. The van der Waals surface area contributed by atoms with Gasteiger partial charge in [-0.3, -0.25) is 14.5 Å². The van der Waals surface area contributed by atoms with Gasteiger partial charge in [-0.15, -0.1) is 0 Å². The lowest BCUT2D eigenvalue weighted by atomic mass is 9.91. The summed E-state index contributed by atoms with van der Waals surface area (Å²) in [6.07, 6.45) is 0.848. The summed E-state index contributed by atoms with van der Waals surface area (Å²) < 4.78 is 6.37. The Balaban J connectivity index is 1.37. The zero-order valence-corrected chi connectivity index (χ0v) is 23.7. The summed E-state index contributed by atoms with van der Waals surface area (Å²) in [4.78, 5) is 43.9. The van der Waals surface area contributed by atoms with Crippen molar-refractivity contribution in [2.45, 2.75) is 39.3 Å². The Kier molecular flexibility index (Phi) is 8.02. The number of nitrogens with one attached hydrogen (secondary N) is 1. The molecule has 0 aromatic heterocycles. The van der Waals surface area contributed by atoms with Gasteiger partial charge < -0.3 is 15.0 Å². The molecular weight excluding hydrogens is 558 g/mol. The quantitative estimate of drug-likeness (QED) is 0.380. The van der Waals surface area contributed by atoms with Gasteiger partial charge in [-0.05, 0) is 53.6 Å². The maximum absolute atomic E-state index is 13.7. The molecule has 2 heterocycles. The molecule has 1 unspecified atom stereocenters. The van der Waals surface area contributed by atoms with Crippen molar-refractivity contribution < 1.29 is 19.1 Å². The molecule has 3 aromatic carbocycles. The second-order valence-corrected chi connectivity index (χ2v) is 11.5. The normalized spacial score (nSPS) is 20.3. The lowest BCUT2D eigenvalue weighted by molar-refractivity contribution is -0.117. The highest BCUT2D eigenvalue weighted by atomic mass is 79.9. The standard InChI is InChI=1S/C31H32BrN3O4/c1-20-14-21(2)18-34(17-20)30(37)25-16-24(32)12-13-26(25)33-29(36)28-15-23-10-6-7-11-27(23)35(28)31(38)39-19-22-8-4-3-5-9-22/h3-13,16,20-21,28H,14-15,17-19H2,1-2H3,(H,33,36)/t20-,21+,28?. The molecule has 1 N–H and O–H groups in total.